The van der Waals surface area contributed by atoms with Crippen LogP contribution in [0.15, 0.2) is 39.3 Å². The predicted octanol–water partition coefficient (Wildman–Crippen LogP) is 3.95. The standard InChI is InChI=1S/C10H7Br2N/c11-9-3-4-10(12)8-5-6(13)1-2-7(8)9/h1-5H,13H2. The summed E-state index contributed by atoms with van der Waals surface area (Å²) in [5, 5.41) is 2.30. The van der Waals surface area contributed by atoms with E-state index < -0.39 is 0 Å². The minimum absolute atomic E-state index is 0.784. The van der Waals surface area contributed by atoms with Crippen LogP contribution in [0.2, 0.25) is 0 Å². The van der Waals surface area contributed by atoms with Crippen LogP contribution < -0.4 is 5.73 Å². The summed E-state index contributed by atoms with van der Waals surface area (Å²) in [6.07, 6.45) is 0. The van der Waals surface area contributed by atoms with Crippen LogP contribution in [0.1, 0.15) is 0 Å². The lowest BCUT2D eigenvalue weighted by Gasteiger charge is -2.03. The van der Waals surface area contributed by atoms with Gasteiger partial charge in [0, 0.05) is 14.6 Å². The minimum atomic E-state index is 0.784. The molecule has 0 aliphatic heterocycles. The maximum absolute atomic E-state index is 5.71. The zero-order valence-corrected chi connectivity index (χ0v) is 9.89. The molecule has 2 N–H and O–H groups in total. The van der Waals surface area contributed by atoms with Crippen LogP contribution in [0.4, 0.5) is 5.69 Å². The van der Waals surface area contributed by atoms with Gasteiger partial charge in [0.15, 0.2) is 0 Å². The molecule has 0 amide bonds. The van der Waals surface area contributed by atoms with Crippen molar-refractivity contribution in [2.75, 3.05) is 5.73 Å². The van der Waals surface area contributed by atoms with Crippen molar-refractivity contribution in [1.29, 1.82) is 0 Å². The third-order valence-corrected chi connectivity index (χ3v) is 3.32. The van der Waals surface area contributed by atoms with Gasteiger partial charge in [0.05, 0.1) is 0 Å². The number of rotatable bonds is 0. The summed E-state index contributed by atoms with van der Waals surface area (Å²) in [7, 11) is 0. The highest BCUT2D eigenvalue weighted by Crippen LogP contribution is 2.31. The highest BCUT2D eigenvalue weighted by molar-refractivity contribution is 9.11. The van der Waals surface area contributed by atoms with E-state index >= 15 is 0 Å². The van der Waals surface area contributed by atoms with Gasteiger partial charge in [-0.2, -0.15) is 0 Å². The molecule has 0 aliphatic rings. The van der Waals surface area contributed by atoms with Crippen molar-refractivity contribution in [2.24, 2.45) is 0 Å². The average Bonchev–Trinajstić information content (AvgIpc) is 2.12. The van der Waals surface area contributed by atoms with Gasteiger partial charge in [-0.1, -0.05) is 37.9 Å². The molecule has 13 heavy (non-hydrogen) atoms. The smallest absolute Gasteiger partial charge is 0.0320 e. The summed E-state index contributed by atoms with van der Waals surface area (Å²) >= 11 is 6.98. The largest absolute Gasteiger partial charge is 0.399 e. The molecule has 0 fully saturated rings. The van der Waals surface area contributed by atoms with Crippen LogP contribution in [0.25, 0.3) is 10.8 Å². The zero-order valence-electron chi connectivity index (χ0n) is 6.72. The monoisotopic (exact) mass is 299 g/mol. The number of benzene rings is 2. The van der Waals surface area contributed by atoms with Crippen molar-refractivity contribution in [1.82, 2.24) is 0 Å². The number of fused-ring (bicyclic) bond motifs is 1. The van der Waals surface area contributed by atoms with Gasteiger partial charge >= 0.3 is 0 Å². The second kappa shape index (κ2) is 3.31. The van der Waals surface area contributed by atoms with E-state index in [0.29, 0.717) is 0 Å². The van der Waals surface area contributed by atoms with Crippen molar-refractivity contribution in [3.05, 3.63) is 39.3 Å². The second-order valence-electron chi connectivity index (χ2n) is 2.83. The summed E-state index contributed by atoms with van der Waals surface area (Å²) < 4.78 is 2.16. The molecule has 2 aromatic rings. The van der Waals surface area contributed by atoms with Crippen molar-refractivity contribution in [3.63, 3.8) is 0 Å². The molecule has 66 valence electrons. The van der Waals surface area contributed by atoms with E-state index in [1.54, 1.807) is 0 Å². The molecule has 0 spiro atoms. The van der Waals surface area contributed by atoms with E-state index in [2.05, 4.69) is 31.9 Å². The molecular weight excluding hydrogens is 294 g/mol. The number of hydrogen-bond acceptors (Lipinski definition) is 1. The number of hydrogen-bond donors (Lipinski definition) is 1. The Morgan fingerprint density at radius 2 is 1.46 bits per heavy atom. The lowest BCUT2D eigenvalue weighted by atomic mass is 10.1. The van der Waals surface area contributed by atoms with Crippen molar-refractivity contribution in [3.8, 4) is 0 Å². The van der Waals surface area contributed by atoms with Crippen LogP contribution in [0.3, 0.4) is 0 Å². The average molecular weight is 301 g/mol. The van der Waals surface area contributed by atoms with Crippen molar-refractivity contribution in [2.45, 2.75) is 0 Å². The zero-order chi connectivity index (χ0) is 9.42. The van der Waals surface area contributed by atoms with Gasteiger partial charge in [0.2, 0.25) is 0 Å². The van der Waals surface area contributed by atoms with Gasteiger partial charge in [-0.3, -0.25) is 0 Å². The Hall–Kier alpha value is -0.540. The van der Waals surface area contributed by atoms with Gasteiger partial charge in [-0.05, 0) is 35.0 Å². The molecule has 0 saturated carbocycles. The summed E-state index contributed by atoms with van der Waals surface area (Å²) in [4.78, 5) is 0. The normalized spacial score (nSPS) is 10.6. The van der Waals surface area contributed by atoms with E-state index in [0.717, 1.165) is 20.0 Å². The molecule has 1 nitrogen and oxygen atoms in total. The van der Waals surface area contributed by atoms with Crippen LogP contribution in [0, 0.1) is 0 Å². The summed E-state index contributed by atoms with van der Waals surface area (Å²) in [6, 6.07) is 9.90. The fraction of sp³-hybridized carbons (Fsp3) is 0. The Kier molecular flexibility index (Phi) is 2.30. The van der Waals surface area contributed by atoms with E-state index in [-0.39, 0.29) is 0 Å². The Labute approximate surface area is 93.2 Å². The second-order valence-corrected chi connectivity index (χ2v) is 4.54. The molecule has 3 heteroatoms. The fourth-order valence-corrected chi connectivity index (χ4v) is 2.23. The number of nitrogen functional groups attached to an aromatic ring is 1. The van der Waals surface area contributed by atoms with Gasteiger partial charge < -0.3 is 5.73 Å². The summed E-state index contributed by atoms with van der Waals surface area (Å²) in [5.41, 5.74) is 6.49. The molecule has 0 atom stereocenters. The molecule has 0 saturated heterocycles. The van der Waals surface area contributed by atoms with Gasteiger partial charge in [-0.25, -0.2) is 0 Å². The Morgan fingerprint density at radius 3 is 2.15 bits per heavy atom. The third kappa shape index (κ3) is 1.58. The number of anilines is 1. The Balaban J connectivity index is 2.92. The van der Waals surface area contributed by atoms with Crippen LogP contribution in [0.5, 0.6) is 0 Å². The van der Waals surface area contributed by atoms with E-state index in [1.807, 2.05) is 30.3 Å². The topological polar surface area (TPSA) is 26.0 Å². The minimum Gasteiger partial charge on any atom is -0.399 e. The maximum atomic E-state index is 5.71. The number of halogens is 2. The Morgan fingerprint density at radius 1 is 0.846 bits per heavy atom. The summed E-state index contributed by atoms with van der Waals surface area (Å²) in [6.45, 7) is 0. The summed E-state index contributed by atoms with van der Waals surface area (Å²) in [5.74, 6) is 0. The van der Waals surface area contributed by atoms with Crippen LogP contribution in [-0.2, 0) is 0 Å². The fourth-order valence-electron chi connectivity index (χ4n) is 1.29. The van der Waals surface area contributed by atoms with Gasteiger partial charge in [0.25, 0.3) is 0 Å². The molecule has 0 bridgehead atoms. The molecular formula is C10H7Br2N. The molecule has 0 heterocycles. The third-order valence-electron chi connectivity index (χ3n) is 1.93. The maximum Gasteiger partial charge on any atom is 0.0320 e. The Bertz CT molecular complexity index is 466. The van der Waals surface area contributed by atoms with E-state index in [1.165, 1.54) is 5.39 Å². The van der Waals surface area contributed by atoms with E-state index in [9.17, 15) is 0 Å². The highest BCUT2D eigenvalue weighted by Gasteiger charge is 2.01. The first-order chi connectivity index (χ1) is 6.18. The molecule has 0 unspecified atom stereocenters. The molecule has 2 rings (SSSR count). The molecule has 0 aromatic heterocycles. The van der Waals surface area contributed by atoms with Crippen LogP contribution >= 0.6 is 31.9 Å². The number of nitrogens with two attached hydrogens (primary N) is 1. The molecule has 2 aromatic carbocycles. The molecule has 0 radical (unpaired) electrons. The lowest BCUT2D eigenvalue weighted by Crippen LogP contribution is -1.84. The van der Waals surface area contributed by atoms with Crippen molar-refractivity contribution < 1.29 is 0 Å². The SMILES string of the molecule is Nc1ccc2c(Br)ccc(Br)c2c1. The highest BCUT2D eigenvalue weighted by atomic mass is 79.9. The van der Waals surface area contributed by atoms with Gasteiger partial charge in [-0.15, -0.1) is 0 Å². The first-order valence-electron chi connectivity index (χ1n) is 3.82. The lowest BCUT2D eigenvalue weighted by molar-refractivity contribution is 1.66. The van der Waals surface area contributed by atoms with Crippen molar-refractivity contribution >= 4 is 48.3 Å². The quantitative estimate of drug-likeness (QED) is 0.733. The molecule has 0 aliphatic carbocycles. The first-order valence-corrected chi connectivity index (χ1v) is 5.40. The van der Waals surface area contributed by atoms with Crippen LogP contribution in [-0.4, -0.2) is 0 Å². The predicted molar refractivity (Wildman–Crippen MR) is 63.8 cm³/mol. The van der Waals surface area contributed by atoms with Gasteiger partial charge in [0.1, 0.15) is 0 Å². The first kappa shape index (κ1) is 9.03. The van der Waals surface area contributed by atoms with E-state index in [4.69, 9.17) is 5.73 Å².